The van der Waals surface area contributed by atoms with Crippen LogP contribution in [-0.4, -0.2) is 172 Å². The molecule has 0 aromatic heterocycles. The fourth-order valence-electron chi connectivity index (χ4n) is 7.32. The molecule has 0 aliphatic rings. The van der Waals surface area contributed by atoms with E-state index in [0.29, 0.717) is 5.56 Å². The van der Waals surface area contributed by atoms with Crippen molar-refractivity contribution in [2.45, 2.75) is 143 Å². The molecule has 0 saturated heterocycles. The van der Waals surface area contributed by atoms with E-state index in [0.717, 1.165) is 28.7 Å². The number of phosphoric acid groups is 1. The molecule has 6 N–H and O–H groups in total. The van der Waals surface area contributed by atoms with E-state index in [1.165, 1.54) is 76.6 Å². The van der Waals surface area contributed by atoms with E-state index in [4.69, 9.17) is 18.7 Å². The van der Waals surface area contributed by atoms with Gasteiger partial charge in [0.1, 0.15) is 41.8 Å². The molecule has 0 saturated carbocycles. The van der Waals surface area contributed by atoms with Crippen LogP contribution in [0.3, 0.4) is 0 Å². The highest BCUT2D eigenvalue weighted by Gasteiger charge is 2.45. The summed E-state index contributed by atoms with van der Waals surface area (Å²) in [7, 11) is -0.569. The van der Waals surface area contributed by atoms with Crippen molar-refractivity contribution < 1.29 is 86.1 Å². The Morgan fingerprint density at radius 3 is 1.76 bits per heavy atom. The number of ether oxygens (including phenoxy) is 3. The lowest BCUT2D eigenvalue weighted by Gasteiger charge is -2.37. The SMILES string of the molecule is C=C(C(=O)N[C@@H](C)C(=O)N(C)[C@@H](C)C(=O)N[C@H](C(=O)N(C)[C@H](C(=O)O)[C@@H](C)OC)[C@H](OC(=O)[C@@H](CC(C)=O)[C@H](OP(=O)(O)O)C(C)C)C(C)C)N(C)C(=O)[C@@H](Cc1ccccc1)OC(=O)[C@H](CC)NC(C)=O. The number of aliphatic carboxylic acids is 1. The van der Waals surface area contributed by atoms with Crippen LogP contribution in [0.4, 0.5) is 0 Å². The molecule has 25 heteroatoms. The van der Waals surface area contributed by atoms with Gasteiger partial charge in [0.2, 0.25) is 23.6 Å². The van der Waals surface area contributed by atoms with Crippen LogP contribution in [0.25, 0.3) is 0 Å². The fraction of sp³-hybridized carbons (Fsp3) is 0.617. The number of carbonyl (C=O) groups excluding carboxylic acids is 9. The first-order valence-corrected chi connectivity index (χ1v) is 24.6. The Bertz CT molecular complexity index is 2170. The summed E-state index contributed by atoms with van der Waals surface area (Å²) in [4.78, 5) is 155. The molecule has 0 spiro atoms. The van der Waals surface area contributed by atoms with Crippen LogP contribution in [0.2, 0.25) is 0 Å². The summed E-state index contributed by atoms with van der Waals surface area (Å²) in [5, 5.41) is 17.5. The Balaban J connectivity index is 3.56. The second-order valence-corrected chi connectivity index (χ2v) is 19.3. The number of nitrogens with one attached hydrogen (secondary N) is 3. The summed E-state index contributed by atoms with van der Waals surface area (Å²) < 4.78 is 33.5. The van der Waals surface area contributed by atoms with Gasteiger partial charge in [-0.05, 0) is 51.5 Å². The maximum absolute atomic E-state index is 14.5. The van der Waals surface area contributed by atoms with Crippen molar-refractivity contribution in [1.29, 1.82) is 0 Å². The Morgan fingerprint density at radius 1 is 0.750 bits per heavy atom. The molecule has 1 rings (SSSR count). The maximum Gasteiger partial charge on any atom is 0.469 e. The van der Waals surface area contributed by atoms with E-state index in [1.807, 2.05) is 0 Å². The number of carboxylic acids is 1. The average Bonchev–Trinajstić information content (AvgIpc) is 3.29. The molecule has 0 heterocycles. The number of phosphoric ester groups is 1. The van der Waals surface area contributed by atoms with E-state index >= 15 is 0 Å². The average molecular weight is 1040 g/mol. The summed E-state index contributed by atoms with van der Waals surface area (Å²) in [5.74, 6) is -13.0. The first-order valence-electron chi connectivity index (χ1n) is 23.0. The van der Waals surface area contributed by atoms with Crippen LogP contribution in [0, 0.1) is 17.8 Å². The molecular weight excluding hydrogens is 968 g/mol. The second kappa shape index (κ2) is 28.8. The molecule has 0 aliphatic carbocycles. The van der Waals surface area contributed by atoms with Gasteiger partial charge in [-0.2, -0.15) is 0 Å². The van der Waals surface area contributed by atoms with Crippen molar-refractivity contribution in [2.24, 2.45) is 17.8 Å². The third-order valence-electron chi connectivity index (χ3n) is 11.7. The van der Waals surface area contributed by atoms with Crippen molar-refractivity contribution >= 4 is 67.0 Å². The molecule has 72 heavy (non-hydrogen) atoms. The number of rotatable bonds is 29. The minimum atomic E-state index is -5.25. The minimum Gasteiger partial charge on any atom is -0.480 e. The highest BCUT2D eigenvalue weighted by atomic mass is 31.2. The van der Waals surface area contributed by atoms with Gasteiger partial charge in [-0.15, -0.1) is 0 Å². The van der Waals surface area contributed by atoms with Gasteiger partial charge in [-0.3, -0.25) is 38.1 Å². The number of Topliss-reactive ketones (excluding diaryl/α,β-unsaturated/α-hetero) is 1. The number of carbonyl (C=O) groups is 10. The van der Waals surface area contributed by atoms with Crippen LogP contribution in [0.5, 0.6) is 0 Å². The van der Waals surface area contributed by atoms with Crippen LogP contribution in [-0.2, 0) is 77.7 Å². The number of nitrogens with zero attached hydrogens (tertiary/aromatic N) is 3. The first-order chi connectivity index (χ1) is 33.2. The Hall–Kier alpha value is -6.07. The molecule has 0 fully saturated rings. The molecule has 6 amide bonds. The van der Waals surface area contributed by atoms with Crippen LogP contribution >= 0.6 is 7.82 Å². The highest BCUT2D eigenvalue weighted by molar-refractivity contribution is 7.46. The highest BCUT2D eigenvalue weighted by Crippen LogP contribution is 2.42. The maximum atomic E-state index is 14.5. The summed E-state index contributed by atoms with van der Waals surface area (Å²) in [5.41, 5.74) is 0.120. The van der Waals surface area contributed by atoms with Gasteiger partial charge in [0.15, 0.2) is 12.1 Å². The molecule has 0 unspecified atom stereocenters. The van der Waals surface area contributed by atoms with Gasteiger partial charge < -0.3 is 64.5 Å². The lowest BCUT2D eigenvalue weighted by Crippen LogP contribution is -2.63. The summed E-state index contributed by atoms with van der Waals surface area (Å²) in [6.45, 7) is 17.4. The lowest BCUT2D eigenvalue weighted by atomic mass is 9.89. The number of hydrogen-bond donors (Lipinski definition) is 6. The van der Waals surface area contributed by atoms with Crippen molar-refractivity contribution in [1.82, 2.24) is 30.7 Å². The number of benzene rings is 1. The fourth-order valence-corrected chi connectivity index (χ4v) is 8.02. The normalized spacial score (nSPS) is 15.6. The number of hydrogen-bond acceptors (Lipinski definition) is 15. The first kappa shape index (κ1) is 63.9. The smallest absolute Gasteiger partial charge is 0.469 e. The predicted octanol–water partition coefficient (Wildman–Crippen LogP) is 1.11. The van der Waals surface area contributed by atoms with Crippen LogP contribution in [0.15, 0.2) is 42.6 Å². The Morgan fingerprint density at radius 2 is 1.31 bits per heavy atom. The summed E-state index contributed by atoms with van der Waals surface area (Å²) in [6, 6.07) is 0.957. The van der Waals surface area contributed by atoms with Crippen LogP contribution < -0.4 is 16.0 Å². The summed E-state index contributed by atoms with van der Waals surface area (Å²) in [6.07, 6.45) is -6.46. The molecular formula is C47H73N6O18P. The number of carboxylic acid groups (broad SMARTS) is 1. The van der Waals surface area contributed by atoms with E-state index < -0.39 is 151 Å². The van der Waals surface area contributed by atoms with Gasteiger partial charge in [0.05, 0.1) is 18.1 Å². The van der Waals surface area contributed by atoms with E-state index in [9.17, 15) is 67.4 Å². The number of methoxy groups -OCH3 is 1. The lowest BCUT2D eigenvalue weighted by molar-refractivity contribution is -0.169. The zero-order valence-corrected chi connectivity index (χ0v) is 44.3. The van der Waals surface area contributed by atoms with E-state index in [-0.39, 0.29) is 12.8 Å². The van der Waals surface area contributed by atoms with Gasteiger partial charge in [0, 0.05) is 48.0 Å². The van der Waals surface area contributed by atoms with Crippen LogP contribution in [0.1, 0.15) is 87.6 Å². The molecule has 1 aromatic carbocycles. The zero-order valence-electron chi connectivity index (χ0n) is 43.4. The van der Waals surface area contributed by atoms with Gasteiger partial charge in [0.25, 0.3) is 11.8 Å². The third kappa shape index (κ3) is 19.2. The van der Waals surface area contributed by atoms with E-state index in [1.54, 1.807) is 37.3 Å². The number of likely N-dealkylation sites (N-methyl/N-ethyl adjacent to an activating group) is 3. The van der Waals surface area contributed by atoms with E-state index in [2.05, 4.69) is 22.5 Å². The predicted molar refractivity (Wildman–Crippen MR) is 258 cm³/mol. The number of amides is 6. The molecule has 24 nitrogen and oxygen atoms in total. The monoisotopic (exact) mass is 1040 g/mol. The Kier molecular flexibility index (Phi) is 25.6. The third-order valence-corrected chi connectivity index (χ3v) is 12.2. The largest absolute Gasteiger partial charge is 0.480 e. The molecule has 404 valence electrons. The Labute approximate surface area is 420 Å². The standard InChI is InChI=1S/C47H73N6O18P/c1-16-34(49-31(11)55)47(64)69-35(23-32-20-18-17-19-21-32)43(59)52(13)28(8)40(56)48-27(7)42(58)51(12)29(9)41(57)50-36(44(60)53(14)37(45(61)62)30(10)68-15)39(25(4)5)70-46(63)33(22-26(6)54)38(24(2)3)71-72(65,66)67/h17-21,24-25,27,29-30,33-39H,8,16,22-23H2,1-7,9-15H3,(H,48,56)(H,49,55)(H,50,57)(H,61,62)(H2,65,66,67)/t27-,29-,30+,33-,34-,35+,36-,37-,38+,39+/m0/s1. The van der Waals surface area contributed by atoms with Crippen molar-refractivity contribution in [3.8, 4) is 0 Å². The quantitative estimate of drug-likeness (QED) is 0.0372. The zero-order chi connectivity index (χ0) is 55.7. The minimum absolute atomic E-state index is 0.121. The van der Waals surface area contributed by atoms with Gasteiger partial charge >= 0.3 is 25.7 Å². The molecule has 0 aliphatic heterocycles. The topological polar surface area (TPSA) is 331 Å². The number of esters is 2. The molecule has 1 aromatic rings. The molecule has 0 bridgehead atoms. The van der Waals surface area contributed by atoms with Crippen molar-refractivity contribution in [2.75, 3.05) is 28.3 Å². The van der Waals surface area contributed by atoms with Gasteiger partial charge in [-0.1, -0.05) is 71.5 Å². The second-order valence-electron chi connectivity index (χ2n) is 18.1. The summed E-state index contributed by atoms with van der Waals surface area (Å²) >= 11 is 0. The van der Waals surface area contributed by atoms with Gasteiger partial charge in [-0.25, -0.2) is 14.2 Å². The van der Waals surface area contributed by atoms with Crippen molar-refractivity contribution in [3.05, 3.63) is 48.2 Å². The number of ketones is 1. The molecule has 0 radical (unpaired) electrons. The van der Waals surface area contributed by atoms with Crippen molar-refractivity contribution in [3.63, 3.8) is 0 Å². The molecule has 10 atom stereocenters.